The molecule has 0 aliphatic heterocycles. The van der Waals surface area contributed by atoms with Gasteiger partial charge in [-0.05, 0) is 19.1 Å². The largest absolute Gasteiger partial charge is 0.311 e. The van der Waals surface area contributed by atoms with E-state index >= 15 is 0 Å². The highest BCUT2D eigenvalue weighted by Gasteiger charge is 2.09. The third kappa shape index (κ3) is 1.21. The molecule has 0 spiro atoms. The lowest BCUT2D eigenvalue weighted by atomic mass is 10.2. The maximum atomic E-state index is 11.6. The van der Waals surface area contributed by atoms with Gasteiger partial charge in [0.05, 0.1) is 16.9 Å². The van der Waals surface area contributed by atoms with Crippen LogP contribution in [0.1, 0.15) is 29.5 Å². The van der Waals surface area contributed by atoms with Crippen molar-refractivity contribution in [3.8, 4) is 0 Å². The van der Waals surface area contributed by atoms with Gasteiger partial charge in [0.1, 0.15) is 0 Å². The minimum Gasteiger partial charge on any atom is -0.311 e. The molecule has 72 valence electrons. The van der Waals surface area contributed by atoms with Crippen LogP contribution in [0.3, 0.4) is 0 Å². The van der Waals surface area contributed by atoms with Crippen LogP contribution in [0.5, 0.6) is 0 Å². The van der Waals surface area contributed by atoms with Gasteiger partial charge in [-0.2, -0.15) is 0 Å². The van der Waals surface area contributed by atoms with Crippen LogP contribution in [0.4, 0.5) is 0 Å². The Kier molecular flexibility index (Phi) is 2.08. The summed E-state index contributed by atoms with van der Waals surface area (Å²) in [6, 6.07) is 3.79. The lowest BCUT2D eigenvalue weighted by molar-refractivity contribution is 0.0982. The standard InChI is InChI=1S/C11H12N2O/c1-3-11(14)10-5-4-9-8(2)12-6-7-13(9)10/h4-7H,3H2,1-2H3. The van der Waals surface area contributed by atoms with Crippen molar-refractivity contribution in [1.82, 2.24) is 9.38 Å². The first-order chi connectivity index (χ1) is 6.74. The van der Waals surface area contributed by atoms with Gasteiger partial charge in [0, 0.05) is 18.8 Å². The molecule has 2 rings (SSSR count). The molecule has 0 aliphatic carbocycles. The number of hydrogen-bond acceptors (Lipinski definition) is 2. The SMILES string of the molecule is CCC(=O)c1ccc2c(C)nccn12. The molecule has 14 heavy (non-hydrogen) atoms. The second kappa shape index (κ2) is 3.25. The van der Waals surface area contributed by atoms with Crippen LogP contribution in [-0.4, -0.2) is 15.2 Å². The first-order valence-corrected chi connectivity index (χ1v) is 4.70. The highest BCUT2D eigenvalue weighted by atomic mass is 16.1. The van der Waals surface area contributed by atoms with Crippen molar-refractivity contribution in [3.63, 3.8) is 0 Å². The van der Waals surface area contributed by atoms with E-state index in [1.54, 1.807) is 6.20 Å². The highest BCUT2D eigenvalue weighted by Crippen LogP contribution is 2.13. The smallest absolute Gasteiger partial charge is 0.179 e. The molecule has 2 heterocycles. The van der Waals surface area contributed by atoms with Gasteiger partial charge >= 0.3 is 0 Å². The summed E-state index contributed by atoms with van der Waals surface area (Å²) in [7, 11) is 0. The molecule has 0 saturated carbocycles. The molecule has 0 atom stereocenters. The average Bonchev–Trinajstić information content (AvgIpc) is 2.62. The zero-order valence-electron chi connectivity index (χ0n) is 8.32. The molecule has 3 nitrogen and oxygen atoms in total. The highest BCUT2D eigenvalue weighted by molar-refractivity contribution is 5.95. The monoisotopic (exact) mass is 188 g/mol. The minimum atomic E-state index is 0.163. The number of carbonyl (C=O) groups is 1. The summed E-state index contributed by atoms with van der Waals surface area (Å²) in [5, 5.41) is 0. The van der Waals surface area contributed by atoms with Crippen LogP contribution in [0, 0.1) is 6.92 Å². The fourth-order valence-corrected chi connectivity index (χ4v) is 1.59. The lowest BCUT2D eigenvalue weighted by Gasteiger charge is -2.01. The van der Waals surface area contributed by atoms with E-state index in [2.05, 4.69) is 4.98 Å². The summed E-state index contributed by atoms with van der Waals surface area (Å²) in [6.45, 7) is 3.81. The quantitative estimate of drug-likeness (QED) is 0.677. The molecule has 2 aromatic rings. The molecule has 0 aliphatic rings. The Hall–Kier alpha value is -1.64. The number of carbonyl (C=O) groups excluding carboxylic acids is 1. The van der Waals surface area contributed by atoms with E-state index in [9.17, 15) is 4.79 Å². The van der Waals surface area contributed by atoms with Gasteiger partial charge in [-0.3, -0.25) is 9.78 Å². The normalized spacial score (nSPS) is 10.7. The van der Waals surface area contributed by atoms with Crippen LogP contribution in [0.25, 0.3) is 5.52 Å². The second-order valence-electron chi connectivity index (χ2n) is 3.26. The number of fused-ring (bicyclic) bond motifs is 1. The molecule has 0 aromatic carbocycles. The van der Waals surface area contributed by atoms with Gasteiger partial charge < -0.3 is 4.40 Å². The van der Waals surface area contributed by atoms with Gasteiger partial charge in [-0.1, -0.05) is 6.92 Å². The number of aryl methyl sites for hydroxylation is 1. The Balaban J connectivity index is 2.70. The van der Waals surface area contributed by atoms with Crippen LogP contribution >= 0.6 is 0 Å². The summed E-state index contributed by atoms with van der Waals surface area (Å²) < 4.78 is 1.90. The van der Waals surface area contributed by atoms with E-state index in [0.717, 1.165) is 16.9 Å². The Morgan fingerprint density at radius 3 is 3.00 bits per heavy atom. The molecule has 0 saturated heterocycles. The van der Waals surface area contributed by atoms with Crippen LogP contribution in [0.15, 0.2) is 24.5 Å². The summed E-state index contributed by atoms with van der Waals surface area (Å²) >= 11 is 0. The van der Waals surface area contributed by atoms with Crippen molar-refractivity contribution in [2.75, 3.05) is 0 Å². The summed E-state index contributed by atoms with van der Waals surface area (Å²) in [6.07, 6.45) is 4.08. The number of rotatable bonds is 2. The van der Waals surface area contributed by atoms with Gasteiger partial charge in [0.2, 0.25) is 0 Å². The minimum absolute atomic E-state index is 0.163. The fourth-order valence-electron chi connectivity index (χ4n) is 1.59. The second-order valence-corrected chi connectivity index (χ2v) is 3.26. The van der Waals surface area contributed by atoms with Crippen molar-refractivity contribution in [1.29, 1.82) is 0 Å². The number of aromatic nitrogens is 2. The van der Waals surface area contributed by atoms with Crippen molar-refractivity contribution < 1.29 is 4.79 Å². The summed E-state index contributed by atoms with van der Waals surface area (Å²) in [5.41, 5.74) is 2.69. The Labute approximate surface area is 82.4 Å². The molecule has 3 heteroatoms. The van der Waals surface area contributed by atoms with Gasteiger partial charge in [0.25, 0.3) is 0 Å². The van der Waals surface area contributed by atoms with Gasteiger partial charge in [0.15, 0.2) is 5.78 Å². The van der Waals surface area contributed by atoms with E-state index < -0.39 is 0 Å². The fraction of sp³-hybridized carbons (Fsp3) is 0.273. The van der Waals surface area contributed by atoms with Crippen LogP contribution in [0.2, 0.25) is 0 Å². The van der Waals surface area contributed by atoms with E-state index in [0.29, 0.717) is 6.42 Å². The molecule has 0 unspecified atom stereocenters. The summed E-state index contributed by atoms with van der Waals surface area (Å²) in [5.74, 6) is 0.163. The molecular weight excluding hydrogens is 176 g/mol. The van der Waals surface area contributed by atoms with Crippen molar-refractivity contribution in [2.45, 2.75) is 20.3 Å². The molecule has 0 bridgehead atoms. The Morgan fingerprint density at radius 2 is 2.29 bits per heavy atom. The lowest BCUT2D eigenvalue weighted by Crippen LogP contribution is -2.02. The van der Waals surface area contributed by atoms with E-state index in [4.69, 9.17) is 0 Å². The molecule has 0 radical (unpaired) electrons. The van der Waals surface area contributed by atoms with E-state index in [1.165, 1.54) is 0 Å². The maximum absolute atomic E-state index is 11.6. The third-order valence-corrected chi connectivity index (χ3v) is 2.38. The first kappa shape index (κ1) is 8.94. The number of hydrogen-bond donors (Lipinski definition) is 0. The molecule has 2 aromatic heterocycles. The first-order valence-electron chi connectivity index (χ1n) is 4.70. The molecular formula is C11H12N2O. The van der Waals surface area contributed by atoms with E-state index in [-0.39, 0.29) is 5.78 Å². The van der Waals surface area contributed by atoms with Crippen molar-refractivity contribution in [2.24, 2.45) is 0 Å². The van der Waals surface area contributed by atoms with Crippen LogP contribution < -0.4 is 0 Å². The predicted molar refractivity (Wildman–Crippen MR) is 54.6 cm³/mol. The summed E-state index contributed by atoms with van der Waals surface area (Å²) in [4.78, 5) is 15.7. The van der Waals surface area contributed by atoms with Gasteiger partial charge in [-0.15, -0.1) is 0 Å². The van der Waals surface area contributed by atoms with Gasteiger partial charge in [-0.25, -0.2) is 0 Å². The zero-order chi connectivity index (χ0) is 10.1. The average molecular weight is 188 g/mol. The maximum Gasteiger partial charge on any atom is 0.179 e. The number of nitrogens with zero attached hydrogens (tertiary/aromatic N) is 2. The molecule has 0 amide bonds. The Morgan fingerprint density at radius 1 is 1.50 bits per heavy atom. The number of Topliss-reactive ketones (excluding diaryl/α,β-unsaturated/α-hetero) is 1. The third-order valence-electron chi connectivity index (χ3n) is 2.38. The molecule has 0 N–H and O–H groups in total. The predicted octanol–water partition coefficient (Wildman–Crippen LogP) is 2.24. The van der Waals surface area contributed by atoms with Crippen LogP contribution in [-0.2, 0) is 0 Å². The molecule has 0 fully saturated rings. The Bertz CT molecular complexity index is 485. The zero-order valence-corrected chi connectivity index (χ0v) is 8.32. The number of ketones is 1. The van der Waals surface area contributed by atoms with E-state index in [1.807, 2.05) is 36.6 Å². The van der Waals surface area contributed by atoms with Crippen molar-refractivity contribution in [3.05, 3.63) is 35.9 Å². The topological polar surface area (TPSA) is 34.4 Å². The van der Waals surface area contributed by atoms with Crippen molar-refractivity contribution >= 4 is 11.3 Å².